The van der Waals surface area contributed by atoms with Crippen molar-refractivity contribution < 1.29 is 0 Å². The predicted molar refractivity (Wildman–Crippen MR) is 302 cm³/mol. The van der Waals surface area contributed by atoms with Gasteiger partial charge in [0.15, 0.2) is 0 Å². The smallest absolute Gasteiger partial charge is 0.0541 e. The van der Waals surface area contributed by atoms with Crippen LogP contribution in [0.2, 0.25) is 0 Å². The van der Waals surface area contributed by atoms with Gasteiger partial charge < -0.3 is 9.13 Å². The zero-order chi connectivity index (χ0) is 47.0. The molecule has 0 unspecified atom stereocenters. The van der Waals surface area contributed by atoms with E-state index >= 15 is 0 Å². The van der Waals surface area contributed by atoms with Crippen LogP contribution in [-0.2, 0) is 5.41 Å². The first-order valence-electron chi connectivity index (χ1n) is 24.8. The molecule has 0 radical (unpaired) electrons. The molecular weight excluding hydrogens is 857 g/mol. The van der Waals surface area contributed by atoms with E-state index in [0.717, 1.165) is 11.4 Å². The molecule has 14 aromatic rings. The quantitative estimate of drug-likeness (QED) is 0.152. The molecule has 2 heteroatoms. The molecule has 2 aromatic heterocycles. The average Bonchev–Trinajstić information content (AvgIpc) is 4.02. The molecule has 0 aliphatic heterocycles. The molecule has 1 aliphatic rings. The molecule has 15 rings (SSSR count). The normalized spacial score (nSPS) is 13.0. The Morgan fingerprint density at radius 2 is 0.704 bits per heavy atom. The second-order valence-corrected chi connectivity index (χ2v) is 20.0. The summed E-state index contributed by atoms with van der Waals surface area (Å²) in [5, 5.41) is 12.4. The highest BCUT2D eigenvalue weighted by Gasteiger charge is 2.35. The topological polar surface area (TPSA) is 9.86 Å². The number of rotatable bonds is 5. The summed E-state index contributed by atoms with van der Waals surface area (Å²) in [6.07, 6.45) is 0. The predicted octanol–water partition coefficient (Wildman–Crippen LogP) is 18.6. The van der Waals surface area contributed by atoms with Gasteiger partial charge in [0, 0.05) is 38.3 Å². The largest absolute Gasteiger partial charge is 0.309 e. The van der Waals surface area contributed by atoms with E-state index in [1.54, 1.807) is 0 Å². The molecule has 2 nitrogen and oxygen atoms in total. The zero-order valence-corrected chi connectivity index (χ0v) is 39.5. The molecule has 0 fully saturated rings. The molecule has 0 spiro atoms. The highest BCUT2D eigenvalue weighted by Crippen LogP contribution is 2.52. The molecular formula is C69H46N2. The van der Waals surface area contributed by atoms with Gasteiger partial charge in [-0.15, -0.1) is 0 Å². The Morgan fingerprint density at radius 1 is 0.268 bits per heavy atom. The minimum atomic E-state index is -0.159. The second kappa shape index (κ2) is 15.0. The molecule has 1 aliphatic carbocycles. The number of para-hydroxylation sites is 4. The number of nitrogens with zero attached hydrogens (tertiary/aromatic N) is 2. The summed E-state index contributed by atoms with van der Waals surface area (Å²) in [4.78, 5) is 0. The third-order valence-electron chi connectivity index (χ3n) is 15.9. The number of benzene rings is 12. The molecule has 0 N–H and O–H groups in total. The van der Waals surface area contributed by atoms with Crippen LogP contribution in [-0.4, -0.2) is 9.13 Å². The Hall–Kier alpha value is -8.98. The molecule has 0 bridgehead atoms. The minimum Gasteiger partial charge on any atom is -0.309 e. The van der Waals surface area contributed by atoms with Gasteiger partial charge in [0.25, 0.3) is 0 Å². The van der Waals surface area contributed by atoms with Gasteiger partial charge >= 0.3 is 0 Å². The Bertz CT molecular complexity index is 4450. The highest BCUT2D eigenvalue weighted by molar-refractivity contribution is 6.23. The molecule has 12 aromatic carbocycles. The van der Waals surface area contributed by atoms with Gasteiger partial charge in [-0.3, -0.25) is 0 Å². The Labute approximate surface area is 411 Å². The Kier molecular flexibility index (Phi) is 8.45. The fourth-order valence-corrected chi connectivity index (χ4v) is 12.7. The lowest BCUT2D eigenvalue weighted by atomic mass is 9.80. The fraction of sp³-hybridized carbons (Fsp3) is 0.0435. The lowest BCUT2D eigenvalue weighted by molar-refractivity contribution is 0.660. The highest BCUT2D eigenvalue weighted by atomic mass is 15.0. The number of hydrogen-bond donors (Lipinski definition) is 0. The molecule has 71 heavy (non-hydrogen) atoms. The monoisotopic (exact) mass is 902 g/mol. The van der Waals surface area contributed by atoms with E-state index in [9.17, 15) is 0 Å². The van der Waals surface area contributed by atoms with Gasteiger partial charge in [0.2, 0.25) is 0 Å². The van der Waals surface area contributed by atoms with Crippen LogP contribution in [0.1, 0.15) is 25.0 Å². The first kappa shape index (κ1) is 40.0. The van der Waals surface area contributed by atoms with Crippen molar-refractivity contribution in [2.45, 2.75) is 19.3 Å². The molecule has 332 valence electrons. The summed E-state index contributed by atoms with van der Waals surface area (Å²) in [5.41, 5.74) is 19.6. The SMILES string of the molecule is CC1(C)c2ccccc2-c2ccc(-c3c4ccc(-n5c6ccccc6c6ccccc65)cc4c(-c4cccc(-c5cccc6ccccc56)c4)c4ccc(-n5c6ccccc6c6ccccc65)cc34)cc21. The van der Waals surface area contributed by atoms with E-state index in [4.69, 9.17) is 0 Å². The Morgan fingerprint density at radius 3 is 1.30 bits per heavy atom. The molecule has 0 saturated heterocycles. The Balaban J connectivity index is 1.08. The van der Waals surface area contributed by atoms with Gasteiger partial charge in [0.1, 0.15) is 0 Å². The maximum absolute atomic E-state index is 2.51. The van der Waals surface area contributed by atoms with Crippen molar-refractivity contribution in [1.29, 1.82) is 0 Å². The molecule has 2 heterocycles. The first-order chi connectivity index (χ1) is 35.0. The van der Waals surface area contributed by atoms with Crippen molar-refractivity contribution in [2.75, 3.05) is 0 Å². The van der Waals surface area contributed by atoms with Gasteiger partial charge in [-0.25, -0.2) is 0 Å². The lowest BCUT2D eigenvalue weighted by Crippen LogP contribution is -2.14. The summed E-state index contributed by atoms with van der Waals surface area (Å²) in [7, 11) is 0. The summed E-state index contributed by atoms with van der Waals surface area (Å²) in [5.74, 6) is 0. The average molecular weight is 903 g/mol. The first-order valence-corrected chi connectivity index (χ1v) is 24.8. The number of aromatic nitrogens is 2. The van der Waals surface area contributed by atoms with Crippen molar-refractivity contribution in [2.24, 2.45) is 0 Å². The van der Waals surface area contributed by atoms with E-state index in [2.05, 4.69) is 266 Å². The summed E-state index contributed by atoms with van der Waals surface area (Å²) >= 11 is 0. The van der Waals surface area contributed by atoms with Crippen LogP contribution < -0.4 is 0 Å². The summed E-state index contributed by atoms with van der Waals surface area (Å²) in [6, 6.07) is 90.8. The van der Waals surface area contributed by atoms with Crippen LogP contribution in [0, 0.1) is 0 Å². The minimum absolute atomic E-state index is 0.159. The van der Waals surface area contributed by atoms with Gasteiger partial charge in [-0.2, -0.15) is 0 Å². The van der Waals surface area contributed by atoms with Crippen LogP contribution in [0.5, 0.6) is 0 Å². The van der Waals surface area contributed by atoms with Crippen LogP contribution in [0.25, 0.3) is 132 Å². The fourth-order valence-electron chi connectivity index (χ4n) is 12.7. The number of fused-ring (bicyclic) bond motifs is 12. The third kappa shape index (κ3) is 5.76. The van der Waals surface area contributed by atoms with Crippen molar-refractivity contribution in [1.82, 2.24) is 9.13 Å². The maximum atomic E-state index is 2.51. The van der Waals surface area contributed by atoms with Crippen molar-refractivity contribution >= 4 is 75.9 Å². The van der Waals surface area contributed by atoms with Crippen LogP contribution in [0.15, 0.2) is 243 Å². The van der Waals surface area contributed by atoms with Crippen LogP contribution >= 0.6 is 0 Å². The van der Waals surface area contributed by atoms with E-state index in [-0.39, 0.29) is 5.41 Å². The number of hydrogen-bond acceptors (Lipinski definition) is 0. The van der Waals surface area contributed by atoms with Crippen molar-refractivity contribution in [3.63, 3.8) is 0 Å². The van der Waals surface area contributed by atoms with Crippen LogP contribution in [0.3, 0.4) is 0 Å². The van der Waals surface area contributed by atoms with Gasteiger partial charge in [0.05, 0.1) is 22.1 Å². The molecule has 0 atom stereocenters. The maximum Gasteiger partial charge on any atom is 0.0541 e. The van der Waals surface area contributed by atoms with Crippen molar-refractivity contribution in [3.05, 3.63) is 254 Å². The van der Waals surface area contributed by atoms with E-state index < -0.39 is 0 Å². The van der Waals surface area contributed by atoms with E-state index in [1.807, 2.05) is 0 Å². The van der Waals surface area contributed by atoms with E-state index in [0.29, 0.717) is 0 Å². The van der Waals surface area contributed by atoms with E-state index in [1.165, 1.54) is 132 Å². The summed E-state index contributed by atoms with van der Waals surface area (Å²) < 4.78 is 4.93. The second-order valence-electron chi connectivity index (χ2n) is 20.0. The zero-order valence-electron chi connectivity index (χ0n) is 39.5. The molecule has 0 amide bonds. The van der Waals surface area contributed by atoms with Gasteiger partial charge in [-0.1, -0.05) is 196 Å². The molecule has 0 saturated carbocycles. The lowest BCUT2D eigenvalue weighted by Gasteiger charge is -2.24. The third-order valence-corrected chi connectivity index (χ3v) is 15.9. The van der Waals surface area contributed by atoms with Gasteiger partial charge in [-0.05, 0) is 149 Å². The standard InChI is InChI=1S/C69H46N2/c1-69(2)61-28-10-5-22-51(61)52-36-33-46(40-62(52)69)68-58-38-35-47(70-63-29-11-6-23-53(63)54-24-7-12-30-64(54)70)41-59(58)67(45-20-15-19-44(39-45)50-27-16-18-43-17-3-4-21-49(43)50)57-37-34-48(42-60(57)68)71-65-31-13-8-25-55(65)56-26-9-14-32-66(56)71/h3-42H,1-2H3. The summed E-state index contributed by atoms with van der Waals surface area (Å²) in [6.45, 7) is 4.78. The van der Waals surface area contributed by atoms with Crippen LogP contribution in [0.4, 0.5) is 0 Å². The van der Waals surface area contributed by atoms with Crippen molar-refractivity contribution in [3.8, 4) is 55.9 Å².